The number of amides is 1. The van der Waals surface area contributed by atoms with Crippen LogP contribution in [0.25, 0.3) is 22.4 Å². The summed E-state index contributed by atoms with van der Waals surface area (Å²) in [5.41, 5.74) is 3.69. The molecular formula is C26H30ClN5O5. The van der Waals surface area contributed by atoms with Gasteiger partial charge in [0.05, 0.1) is 29.4 Å². The smallest absolute Gasteiger partial charge is 0.326 e. The van der Waals surface area contributed by atoms with Crippen LogP contribution in [0.15, 0.2) is 30.3 Å². The normalized spacial score (nSPS) is 20.4. The van der Waals surface area contributed by atoms with Gasteiger partial charge in [-0.25, -0.2) is 9.78 Å². The lowest BCUT2D eigenvalue weighted by molar-refractivity contribution is -0.155. The number of fused-ring (bicyclic) bond motifs is 1. The fourth-order valence-corrected chi connectivity index (χ4v) is 5.09. The van der Waals surface area contributed by atoms with Crippen molar-refractivity contribution in [3.63, 3.8) is 0 Å². The molecular weight excluding hydrogens is 498 g/mol. The Balaban J connectivity index is 1.31. The Morgan fingerprint density at radius 1 is 1.16 bits per heavy atom. The Morgan fingerprint density at radius 3 is 2.57 bits per heavy atom. The standard InChI is InChI=1S/C26H30ClN5O5/c1-15(2)24(33)32-8-7-18(13-21(32)25(34)35)37-26-28-20-14-19(27)22(29-23(20)30-26)16-3-5-17(6-4-16)31-9-11-36-12-10-31/h3-6,14-15,18,21H,7-13H2,1-2H3,(H,34,35)(H,28,29,30)/t18-,21-/m1/s1. The van der Waals surface area contributed by atoms with Gasteiger partial charge in [-0.05, 0) is 18.2 Å². The van der Waals surface area contributed by atoms with E-state index in [1.807, 2.05) is 12.1 Å². The fourth-order valence-electron chi connectivity index (χ4n) is 4.83. The van der Waals surface area contributed by atoms with E-state index in [2.05, 4.69) is 32.0 Å². The van der Waals surface area contributed by atoms with E-state index in [0.717, 1.165) is 37.6 Å². The highest BCUT2D eigenvalue weighted by Gasteiger charge is 2.38. The molecule has 2 aliphatic rings. The molecule has 3 aromatic rings. The zero-order chi connectivity index (χ0) is 26.1. The van der Waals surface area contributed by atoms with Gasteiger partial charge < -0.3 is 29.4 Å². The number of carboxylic acids is 1. The number of nitrogens with one attached hydrogen (secondary N) is 1. The van der Waals surface area contributed by atoms with Crippen molar-refractivity contribution in [1.29, 1.82) is 0 Å². The van der Waals surface area contributed by atoms with E-state index >= 15 is 0 Å². The molecule has 0 bridgehead atoms. The molecule has 0 unspecified atom stereocenters. The van der Waals surface area contributed by atoms with Crippen LogP contribution in [0.2, 0.25) is 5.02 Å². The van der Waals surface area contributed by atoms with Gasteiger partial charge in [-0.2, -0.15) is 4.98 Å². The number of benzene rings is 1. The van der Waals surface area contributed by atoms with Crippen molar-refractivity contribution in [2.75, 3.05) is 37.7 Å². The highest BCUT2D eigenvalue weighted by molar-refractivity contribution is 6.33. The second-order valence-electron chi connectivity index (χ2n) is 9.68. The Hall–Kier alpha value is -3.37. The lowest BCUT2D eigenvalue weighted by Crippen LogP contribution is -2.53. The summed E-state index contributed by atoms with van der Waals surface area (Å²) < 4.78 is 11.4. The third kappa shape index (κ3) is 5.35. The van der Waals surface area contributed by atoms with Crippen LogP contribution >= 0.6 is 11.6 Å². The summed E-state index contributed by atoms with van der Waals surface area (Å²) in [5, 5.41) is 10.2. The van der Waals surface area contributed by atoms with Crippen LogP contribution < -0.4 is 9.64 Å². The molecule has 37 heavy (non-hydrogen) atoms. The molecule has 5 rings (SSSR count). The van der Waals surface area contributed by atoms with Gasteiger partial charge in [-0.1, -0.05) is 37.6 Å². The highest BCUT2D eigenvalue weighted by atomic mass is 35.5. The van der Waals surface area contributed by atoms with Crippen molar-refractivity contribution in [2.45, 2.75) is 38.8 Å². The number of carbonyl (C=O) groups is 2. The lowest BCUT2D eigenvalue weighted by Gasteiger charge is -2.37. The molecule has 11 heteroatoms. The number of H-pyrrole nitrogens is 1. The van der Waals surface area contributed by atoms with Crippen molar-refractivity contribution in [2.24, 2.45) is 5.92 Å². The van der Waals surface area contributed by atoms with Crippen LogP contribution in [0.1, 0.15) is 26.7 Å². The Kier molecular flexibility index (Phi) is 7.21. The zero-order valence-corrected chi connectivity index (χ0v) is 21.6. The first-order valence-corrected chi connectivity index (χ1v) is 12.9. The van der Waals surface area contributed by atoms with Crippen LogP contribution in [0.5, 0.6) is 6.01 Å². The number of aromatic nitrogens is 3. The second-order valence-corrected chi connectivity index (χ2v) is 10.1. The minimum absolute atomic E-state index is 0.168. The molecule has 2 N–H and O–H groups in total. The number of aliphatic carboxylic acids is 1. The molecule has 0 aliphatic carbocycles. The predicted molar refractivity (Wildman–Crippen MR) is 139 cm³/mol. The third-order valence-corrected chi connectivity index (χ3v) is 7.10. The molecule has 0 saturated carbocycles. The van der Waals surface area contributed by atoms with Crippen molar-refractivity contribution in [1.82, 2.24) is 19.9 Å². The number of likely N-dealkylation sites (tertiary alicyclic amines) is 1. The summed E-state index contributed by atoms with van der Waals surface area (Å²) in [6.07, 6.45) is 0.286. The molecule has 2 saturated heterocycles. The predicted octanol–water partition coefficient (Wildman–Crippen LogP) is 3.59. The summed E-state index contributed by atoms with van der Waals surface area (Å²) in [7, 11) is 0. The van der Waals surface area contributed by atoms with E-state index in [0.29, 0.717) is 34.8 Å². The molecule has 2 aliphatic heterocycles. The second kappa shape index (κ2) is 10.5. The number of halogens is 1. The number of carboxylic acid groups (broad SMARTS) is 1. The van der Waals surface area contributed by atoms with E-state index in [1.54, 1.807) is 19.9 Å². The van der Waals surface area contributed by atoms with E-state index in [1.165, 1.54) is 4.90 Å². The van der Waals surface area contributed by atoms with E-state index < -0.39 is 18.1 Å². The summed E-state index contributed by atoms with van der Waals surface area (Å²) in [6.45, 7) is 7.02. The molecule has 0 radical (unpaired) electrons. The van der Waals surface area contributed by atoms with Crippen LogP contribution in [0, 0.1) is 5.92 Å². The van der Waals surface area contributed by atoms with E-state index in [4.69, 9.17) is 21.1 Å². The minimum Gasteiger partial charge on any atom is -0.480 e. The van der Waals surface area contributed by atoms with Gasteiger partial charge in [0.25, 0.3) is 6.01 Å². The van der Waals surface area contributed by atoms with Crippen LogP contribution in [-0.4, -0.2) is 81.8 Å². The third-order valence-electron chi connectivity index (χ3n) is 6.82. The van der Waals surface area contributed by atoms with Crippen molar-refractivity contribution >= 4 is 40.3 Å². The number of rotatable bonds is 6. The number of aromatic amines is 1. The van der Waals surface area contributed by atoms with Crippen molar-refractivity contribution in [3.8, 4) is 17.3 Å². The van der Waals surface area contributed by atoms with Gasteiger partial charge in [-0.15, -0.1) is 0 Å². The number of hydrogen-bond acceptors (Lipinski definition) is 7. The summed E-state index contributed by atoms with van der Waals surface area (Å²) in [6, 6.07) is 9.17. The fraction of sp³-hybridized carbons (Fsp3) is 0.462. The first-order chi connectivity index (χ1) is 17.8. The molecule has 196 valence electrons. The lowest BCUT2D eigenvalue weighted by atomic mass is 9.97. The molecule has 2 aromatic heterocycles. The molecule has 10 nitrogen and oxygen atoms in total. The Bertz CT molecular complexity index is 1290. The number of piperidine rings is 1. The summed E-state index contributed by atoms with van der Waals surface area (Å²) in [4.78, 5) is 40.2. The van der Waals surface area contributed by atoms with Crippen molar-refractivity contribution < 1.29 is 24.2 Å². The molecule has 0 spiro atoms. The van der Waals surface area contributed by atoms with Crippen LogP contribution in [-0.2, 0) is 14.3 Å². The maximum absolute atomic E-state index is 12.5. The van der Waals surface area contributed by atoms with Gasteiger partial charge in [-0.3, -0.25) is 4.79 Å². The van der Waals surface area contributed by atoms with Crippen molar-refractivity contribution in [3.05, 3.63) is 35.4 Å². The molecule has 4 heterocycles. The minimum atomic E-state index is -1.04. The monoisotopic (exact) mass is 527 g/mol. The number of carbonyl (C=O) groups excluding carboxylic acids is 1. The summed E-state index contributed by atoms with van der Waals surface area (Å²) in [5.74, 6) is -1.47. The number of ether oxygens (including phenoxy) is 2. The number of imidazole rings is 1. The van der Waals surface area contributed by atoms with Gasteiger partial charge in [0.15, 0.2) is 5.65 Å². The van der Waals surface area contributed by atoms with E-state index in [9.17, 15) is 14.7 Å². The van der Waals surface area contributed by atoms with Gasteiger partial charge in [0.2, 0.25) is 5.91 Å². The van der Waals surface area contributed by atoms with E-state index in [-0.39, 0.29) is 24.3 Å². The first-order valence-electron chi connectivity index (χ1n) is 12.5. The summed E-state index contributed by atoms with van der Waals surface area (Å²) >= 11 is 6.57. The Labute approximate surface area is 219 Å². The van der Waals surface area contributed by atoms with Crippen LogP contribution in [0.4, 0.5) is 5.69 Å². The first kappa shape index (κ1) is 25.3. The molecule has 1 amide bonds. The molecule has 2 fully saturated rings. The number of hydrogen-bond donors (Lipinski definition) is 2. The Morgan fingerprint density at radius 2 is 1.89 bits per heavy atom. The largest absolute Gasteiger partial charge is 0.480 e. The maximum Gasteiger partial charge on any atom is 0.326 e. The zero-order valence-electron chi connectivity index (χ0n) is 20.8. The SMILES string of the molecule is CC(C)C(=O)N1CC[C@@H](Oc2nc3nc(-c4ccc(N5CCOCC5)cc4)c(Cl)cc3[nH]2)C[C@@H]1C(=O)O. The quantitative estimate of drug-likeness (QED) is 0.499. The van der Waals surface area contributed by atoms with Gasteiger partial charge in [0.1, 0.15) is 12.1 Å². The highest BCUT2D eigenvalue weighted by Crippen LogP contribution is 2.31. The van der Waals surface area contributed by atoms with Crippen LogP contribution in [0.3, 0.4) is 0 Å². The average Bonchev–Trinajstić information content (AvgIpc) is 3.29. The number of anilines is 1. The molecule has 2 atom stereocenters. The number of nitrogens with zero attached hydrogens (tertiary/aromatic N) is 4. The maximum atomic E-state index is 12.5. The topological polar surface area (TPSA) is 121 Å². The van der Waals surface area contributed by atoms with Gasteiger partial charge in [0, 0.05) is 49.6 Å². The number of pyridine rings is 1. The number of morpholine rings is 1. The van der Waals surface area contributed by atoms with Gasteiger partial charge >= 0.3 is 5.97 Å². The molecule has 1 aromatic carbocycles. The average molecular weight is 528 g/mol.